The number of halogens is 3. The summed E-state index contributed by atoms with van der Waals surface area (Å²) in [5, 5.41) is 0. The smallest absolute Gasteiger partial charge is 0.200 e. The lowest BCUT2D eigenvalue weighted by Gasteiger charge is -2.29. The van der Waals surface area contributed by atoms with Crippen molar-refractivity contribution in [2.45, 2.75) is 57.8 Å². The number of ether oxygens (including phenoxy) is 1. The molecule has 1 fully saturated rings. The van der Waals surface area contributed by atoms with Crippen LogP contribution >= 0.6 is 0 Å². The largest absolute Gasteiger partial charge is 0.491 e. The molecule has 2 rings (SSSR count). The van der Waals surface area contributed by atoms with Crippen molar-refractivity contribution in [3.63, 3.8) is 0 Å². The summed E-state index contributed by atoms with van der Waals surface area (Å²) in [4.78, 5) is 0. The highest BCUT2D eigenvalue weighted by molar-refractivity contribution is 5.33. The third kappa shape index (κ3) is 5.02. The summed E-state index contributed by atoms with van der Waals surface area (Å²) >= 11 is 0. The second kappa shape index (κ2) is 9.75. The molecule has 4 heteroatoms. The first-order valence-corrected chi connectivity index (χ1v) is 8.99. The Labute approximate surface area is 142 Å². The average molecular weight is 340 g/mol. The van der Waals surface area contributed by atoms with Crippen molar-refractivity contribution >= 4 is 0 Å². The Hall–Kier alpha value is -1.45. The molecule has 1 aliphatic carbocycles. The molecule has 0 N–H and O–H groups in total. The lowest BCUT2D eigenvalue weighted by atomic mass is 9.77. The van der Waals surface area contributed by atoms with E-state index in [4.69, 9.17) is 4.74 Å². The molecule has 24 heavy (non-hydrogen) atoms. The SMILES string of the molecule is CCOc1ccc(C2CCC(CC/C=C/CCF)CC2)c(F)c1F. The molecule has 0 bridgehead atoms. The molecular formula is C20H27F3O. The molecule has 134 valence electrons. The standard InChI is InChI=1S/C20H27F3O/c1-2-24-18-13-12-17(19(22)20(18)23)16-10-8-15(9-11-16)7-5-3-4-6-14-21/h3-4,12-13,15-16H,2,5-11,14H2,1H3/b4-3+. The van der Waals surface area contributed by atoms with Gasteiger partial charge < -0.3 is 4.74 Å². The van der Waals surface area contributed by atoms with Crippen molar-refractivity contribution in [3.8, 4) is 5.75 Å². The summed E-state index contributed by atoms with van der Waals surface area (Å²) in [5.74, 6) is -0.902. The first-order valence-electron chi connectivity index (χ1n) is 8.99. The van der Waals surface area contributed by atoms with Crippen LogP contribution in [0.4, 0.5) is 13.2 Å². The Bertz CT molecular complexity index is 534. The molecule has 0 unspecified atom stereocenters. The average Bonchev–Trinajstić information content (AvgIpc) is 2.60. The van der Waals surface area contributed by atoms with E-state index in [0.717, 1.165) is 38.5 Å². The summed E-state index contributed by atoms with van der Waals surface area (Å²) in [7, 11) is 0. The summed E-state index contributed by atoms with van der Waals surface area (Å²) < 4.78 is 45.4. The Morgan fingerprint density at radius 2 is 1.75 bits per heavy atom. The van der Waals surface area contributed by atoms with Crippen molar-refractivity contribution in [1.82, 2.24) is 0 Å². The van der Waals surface area contributed by atoms with E-state index in [-0.39, 0.29) is 18.3 Å². The molecule has 0 heterocycles. The van der Waals surface area contributed by atoms with Crippen LogP contribution in [0.3, 0.4) is 0 Å². The highest BCUT2D eigenvalue weighted by Gasteiger charge is 2.26. The normalized spacial score (nSPS) is 21.3. The minimum atomic E-state index is -0.866. The maximum Gasteiger partial charge on any atom is 0.200 e. The summed E-state index contributed by atoms with van der Waals surface area (Å²) in [6.07, 6.45) is 10.4. The molecule has 1 aromatic carbocycles. The molecule has 0 aromatic heterocycles. The molecule has 1 aliphatic rings. The van der Waals surface area contributed by atoms with Crippen LogP contribution in [-0.2, 0) is 0 Å². The predicted octanol–water partition coefficient (Wildman–Crippen LogP) is 6.33. The monoisotopic (exact) mass is 340 g/mol. The summed E-state index contributed by atoms with van der Waals surface area (Å²) in [5.41, 5.74) is 0.484. The van der Waals surface area contributed by atoms with Gasteiger partial charge in [0.2, 0.25) is 5.82 Å². The second-order valence-corrected chi connectivity index (χ2v) is 6.46. The van der Waals surface area contributed by atoms with Crippen LogP contribution in [0.2, 0.25) is 0 Å². The van der Waals surface area contributed by atoms with Gasteiger partial charge in [0.05, 0.1) is 13.3 Å². The van der Waals surface area contributed by atoms with Gasteiger partial charge in [-0.2, -0.15) is 4.39 Å². The fraction of sp³-hybridized carbons (Fsp3) is 0.600. The number of hydrogen-bond donors (Lipinski definition) is 0. The molecule has 1 aromatic rings. The molecule has 0 radical (unpaired) electrons. The molecule has 0 saturated heterocycles. The highest BCUT2D eigenvalue weighted by Crippen LogP contribution is 2.39. The van der Waals surface area contributed by atoms with Crippen molar-refractivity contribution < 1.29 is 17.9 Å². The zero-order valence-electron chi connectivity index (χ0n) is 14.4. The van der Waals surface area contributed by atoms with Crippen LogP contribution in [0.1, 0.15) is 63.4 Å². The number of allylic oxidation sites excluding steroid dienone is 2. The number of benzene rings is 1. The zero-order chi connectivity index (χ0) is 17.4. The Kier molecular flexibility index (Phi) is 7.67. The van der Waals surface area contributed by atoms with Crippen LogP contribution in [0.15, 0.2) is 24.3 Å². The molecule has 0 atom stereocenters. The van der Waals surface area contributed by atoms with E-state index in [1.807, 2.05) is 12.2 Å². The van der Waals surface area contributed by atoms with E-state index in [2.05, 4.69) is 0 Å². The second-order valence-electron chi connectivity index (χ2n) is 6.46. The molecule has 0 aliphatic heterocycles. The third-order valence-electron chi connectivity index (χ3n) is 4.85. The fourth-order valence-corrected chi connectivity index (χ4v) is 3.52. The molecule has 1 nitrogen and oxygen atoms in total. The maximum absolute atomic E-state index is 14.3. The van der Waals surface area contributed by atoms with Gasteiger partial charge >= 0.3 is 0 Å². The first-order chi connectivity index (χ1) is 11.7. The third-order valence-corrected chi connectivity index (χ3v) is 4.85. The summed E-state index contributed by atoms with van der Waals surface area (Å²) in [6, 6.07) is 3.22. The van der Waals surface area contributed by atoms with Crippen LogP contribution in [0, 0.1) is 17.6 Å². The lowest BCUT2D eigenvalue weighted by molar-refractivity contribution is 0.297. The van der Waals surface area contributed by atoms with Crippen LogP contribution in [0.25, 0.3) is 0 Å². The van der Waals surface area contributed by atoms with Crippen molar-refractivity contribution in [1.29, 1.82) is 0 Å². The van der Waals surface area contributed by atoms with Crippen molar-refractivity contribution in [2.24, 2.45) is 5.92 Å². The molecule has 0 amide bonds. The minimum absolute atomic E-state index is 0.00694. The van der Waals surface area contributed by atoms with E-state index < -0.39 is 11.6 Å². The van der Waals surface area contributed by atoms with E-state index in [0.29, 0.717) is 24.5 Å². The van der Waals surface area contributed by atoms with Crippen molar-refractivity contribution in [2.75, 3.05) is 13.3 Å². The van der Waals surface area contributed by atoms with E-state index in [1.165, 1.54) is 0 Å². The van der Waals surface area contributed by atoms with E-state index >= 15 is 0 Å². The minimum Gasteiger partial charge on any atom is -0.491 e. The number of rotatable bonds is 8. The number of hydrogen-bond acceptors (Lipinski definition) is 1. The molecule has 1 saturated carbocycles. The predicted molar refractivity (Wildman–Crippen MR) is 91.2 cm³/mol. The first kappa shape index (κ1) is 18.9. The zero-order valence-corrected chi connectivity index (χ0v) is 14.4. The lowest BCUT2D eigenvalue weighted by Crippen LogP contribution is -2.15. The topological polar surface area (TPSA) is 9.23 Å². The fourth-order valence-electron chi connectivity index (χ4n) is 3.52. The maximum atomic E-state index is 14.3. The number of alkyl halides is 1. The molecule has 0 spiro atoms. The Morgan fingerprint density at radius 3 is 2.42 bits per heavy atom. The van der Waals surface area contributed by atoms with E-state index in [9.17, 15) is 13.2 Å². The van der Waals surface area contributed by atoms with Gasteiger partial charge in [-0.15, -0.1) is 0 Å². The van der Waals surface area contributed by atoms with Gasteiger partial charge in [0.15, 0.2) is 11.6 Å². The highest BCUT2D eigenvalue weighted by atomic mass is 19.2. The van der Waals surface area contributed by atoms with Gasteiger partial charge in [-0.05, 0) is 75.3 Å². The van der Waals surface area contributed by atoms with Crippen LogP contribution < -0.4 is 4.74 Å². The van der Waals surface area contributed by atoms with Gasteiger partial charge in [0.25, 0.3) is 0 Å². The summed E-state index contributed by atoms with van der Waals surface area (Å²) in [6.45, 7) is 1.77. The van der Waals surface area contributed by atoms with Gasteiger partial charge in [0, 0.05) is 0 Å². The van der Waals surface area contributed by atoms with Crippen LogP contribution in [0.5, 0.6) is 5.75 Å². The van der Waals surface area contributed by atoms with Gasteiger partial charge in [-0.1, -0.05) is 18.2 Å². The van der Waals surface area contributed by atoms with Gasteiger partial charge in [0.1, 0.15) is 0 Å². The quantitative estimate of drug-likeness (QED) is 0.502. The van der Waals surface area contributed by atoms with Gasteiger partial charge in [-0.3, -0.25) is 4.39 Å². The van der Waals surface area contributed by atoms with E-state index in [1.54, 1.807) is 19.1 Å². The molecular weight excluding hydrogens is 313 g/mol. The Balaban J connectivity index is 1.87. The Morgan fingerprint density at radius 1 is 1.04 bits per heavy atom. The van der Waals surface area contributed by atoms with Gasteiger partial charge in [-0.25, -0.2) is 4.39 Å². The van der Waals surface area contributed by atoms with Crippen molar-refractivity contribution in [3.05, 3.63) is 41.5 Å². The van der Waals surface area contributed by atoms with Crippen LogP contribution in [-0.4, -0.2) is 13.3 Å².